The summed E-state index contributed by atoms with van der Waals surface area (Å²) in [5.74, 6) is 0. The first-order valence-corrected chi connectivity index (χ1v) is 24.0. The van der Waals surface area contributed by atoms with Gasteiger partial charge in [-0.3, -0.25) is 0 Å². The number of benzene rings is 12. The first-order chi connectivity index (χ1) is 34.8. The van der Waals surface area contributed by atoms with E-state index in [1.54, 1.807) is 0 Å². The van der Waals surface area contributed by atoms with E-state index >= 15 is 0 Å². The molecule has 12 aromatic carbocycles. The van der Waals surface area contributed by atoms with Gasteiger partial charge in [0.15, 0.2) is 0 Å². The van der Waals surface area contributed by atoms with Crippen LogP contribution in [0, 0.1) is 0 Å². The quantitative estimate of drug-likeness (QED) is 0.141. The molecule has 70 heavy (non-hydrogen) atoms. The van der Waals surface area contributed by atoms with Crippen molar-refractivity contribution < 1.29 is 0 Å². The lowest BCUT2D eigenvalue weighted by Gasteiger charge is -2.25. The summed E-state index contributed by atoms with van der Waals surface area (Å²) in [7, 11) is 0. The lowest BCUT2D eigenvalue weighted by atomic mass is 9.89. The van der Waals surface area contributed by atoms with Gasteiger partial charge in [0.05, 0.1) is 22.1 Å². The van der Waals surface area contributed by atoms with Crippen LogP contribution in [0.3, 0.4) is 0 Å². The maximum absolute atomic E-state index is 2.51. The molecule has 0 fully saturated rings. The van der Waals surface area contributed by atoms with Crippen LogP contribution >= 0.6 is 0 Å². The van der Waals surface area contributed by atoms with E-state index < -0.39 is 0 Å². The van der Waals surface area contributed by atoms with E-state index in [0.29, 0.717) is 0 Å². The van der Waals surface area contributed by atoms with Crippen molar-refractivity contribution in [2.24, 2.45) is 0 Å². The van der Waals surface area contributed by atoms with E-state index in [9.17, 15) is 0 Å². The fraction of sp³-hybridized carbons (Fsp3) is 0. The third-order valence-electron chi connectivity index (χ3n) is 14.2. The Morgan fingerprint density at radius 3 is 0.814 bits per heavy atom. The molecular formula is C66H44N4. The predicted molar refractivity (Wildman–Crippen MR) is 297 cm³/mol. The first-order valence-electron chi connectivity index (χ1n) is 24.0. The average Bonchev–Trinajstić information content (AvgIpc) is 3.97. The molecule has 0 N–H and O–H groups in total. The highest BCUT2D eigenvalue weighted by atomic mass is 15.1. The minimum absolute atomic E-state index is 1.10. The maximum Gasteiger partial charge on any atom is 0.0626 e. The molecule has 4 nitrogen and oxygen atoms in total. The van der Waals surface area contributed by atoms with Crippen LogP contribution in [0.25, 0.3) is 87.3 Å². The van der Waals surface area contributed by atoms with Crippen molar-refractivity contribution in [2.75, 3.05) is 9.80 Å². The number of fused-ring (bicyclic) bond motifs is 15. The summed E-state index contributed by atoms with van der Waals surface area (Å²) in [4.78, 5) is 4.65. The van der Waals surface area contributed by atoms with Crippen molar-refractivity contribution in [1.82, 2.24) is 9.13 Å². The Kier molecular flexibility index (Phi) is 9.17. The summed E-state index contributed by atoms with van der Waals surface area (Å²) in [6.45, 7) is 0. The van der Waals surface area contributed by atoms with Crippen LogP contribution < -0.4 is 9.80 Å². The Balaban J connectivity index is 1.05. The largest absolute Gasteiger partial charge is 0.311 e. The van der Waals surface area contributed by atoms with Crippen molar-refractivity contribution in [2.45, 2.75) is 0 Å². The number of anilines is 6. The second-order valence-electron chi connectivity index (χ2n) is 18.0. The molecule has 328 valence electrons. The molecule has 0 saturated carbocycles. The van der Waals surface area contributed by atoms with Gasteiger partial charge in [-0.05, 0) is 125 Å². The summed E-state index contributed by atoms with van der Waals surface area (Å²) < 4.78 is 5.02. The Labute approximate surface area is 405 Å². The summed E-state index contributed by atoms with van der Waals surface area (Å²) >= 11 is 0. The Hall–Kier alpha value is -9.38. The molecule has 0 aliphatic rings. The van der Waals surface area contributed by atoms with Gasteiger partial charge in [0.25, 0.3) is 0 Å². The Morgan fingerprint density at radius 2 is 0.471 bits per heavy atom. The van der Waals surface area contributed by atoms with Crippen molar-refractivity contribution in [3.8, 4) is 11.4 Å². The molecule has 14 aromatic rings. The molecule has 2 aromatic heterocycles. The highest BCUT2D eigenvalue weighted by molar-refractivity contribution is 6.45. The second-order valence-corrected chi connectivity index (χ2v) is 18.0. The topological polar surface area (TPSA) is 16.3 Å². The van der Waals surface area contributed by atoms with E-state index in [2.05, 4.69) is 286 Å². The number of aromatic nitrogens is 2. The fourth-order valence-corrected chi connectivity index (χ4v) is 11.3. The van der Waals surface area contributed by atoms with Crippen molar-refractivity contribution in [3.05, 3.63) is 267 Å². The van der Waals surface area contributed by atoms with Crippen LogP contribution in [0.2, 0.25) is 0 Å². The highest BCUT2D eigenvalue weighted by Gasteiger charge is 2.26. The molecule has 0 saturated heterocycles. The molecule has 14 rings (SSSR count). The van der Waals surface area contributed by atoms with Crippen LogP contribution in [-0.4, -0.2) is 9.13 Å². The molecule has 0 amide bonds. The van der Waals surface area contributed by atoms with E-state index in [1.165, 1.54) is 75.9 Å². The van der Waals surface area contributed by atoms with Gasteiger partial charge in [-0.25, -0.2) is 0 Å². The molecule has 0 atom stereocenters. The normalized spacial score (nSPS) is 11.7. The maximum atomic E-state index is 2.51. The minimum Gasteiger partial charge on any atom is -0.311 e. The molecule has 2 heterocycles. The van der Waals surface area contributed by atoms with Crippen LogP contribution in [0.5, 0.6) is 0 Å². The second kappa shape index (κ2) is 16.2. The molecule has 0 unspecified atom stereocenters. The fourth-order valence-electron chi connectivity index (χ4n) is 11.3. The van der Waals surface area contributed by atoms with Gasteiger partial charge < -0.3 is 18.9 Å². The number of hydrogen-bond donors (Lipinski definition) is 0. The third kappa shape index (κ3) is 6.10. The average molecular weight is 893 g/mol. The lowest BCUT2D eigenvalue weighted by molar-refractivity contribution is 1.18. The Bertz CT molecular complexity index is 3900. The van der Waals surface area contributed by atoms with Gasteiger partial charge >= 0.3 is 0 Å². The van der Waals surface area contributed by atoms with Crippen LogP contribution in [0.4, 0.5) is 34.1 Å². The van der Waals surface area contributed by atoms with E-state index in [4.69, 9.17) is 0 Å². The van der Waals surface area contributed by atoms with Gasteiger partial charge in [-0.15, -0.1) is 0 Å². The summed E-state index contributed by atoms with van der Waals surface area (Å²) in [6, 6.07) is 96.9. The standard InChI is InChI=1S/C66H44N4/c1-5-21-45(22-6-1)67(46-23-7-2-8-24-46)49-37-41-51(42-38-49)69-59-35-19-17-33-57(59)62-64-61(53-29-13-15-31-55(53)65(62)69)54-30-14-16-32-56(54)66-63(64)58-34-18-20-36-60(58)70(66)52-43-39-50(40-44-52)68(47-25-9-3-10-26-47)48-27-11-4-12-28-48/h1-44H. The van der Waals surface area contributed by atoms with Crippen LogP contribution in [0.1, 0.15) is 0 Å². The molecule has 0 spiro atoms. The summed E-state index contributed by atoms with van der Waals surface area (Å²) in [6.07, 6.45) is 0. The Morgan fingerprint density at radius 1 is 0.200 bits per heavy atom. The van der Waals surface area contributed by atoms with Crippen LogP contribution in [-0.2, 0) is 0 Å². The van der Waals surface area contributed by atoms with Gasteiger partial charge in [0.1, 0.15) is 0 Å². The molecule has 0 aliphatic heterocycles. The van der Waals surface area contributed by atoms with Gasteiger partial charge in [-0.1, -0.05) is 158 Å². The molecule has 0 aliphatic carbocycles. The zero-order valence-corrected chi connectivity index (χ0v) is 38.2. The number of rotatable bonds is 8. The van der Waals surface area contributed by atoms with E-state index in [0.717, 1.165) is 45.5 Å². The zero-order chi connectivity index (χ0) is 46.1. The predicted octanol–water partition coefficient (Wildman–Crippen LogP) is 18.3. The zero-order valence-electron chi connectivity index (χ0n) is 38.2. The highest BCUT2D eigenvalue weighted by Crippen LogP contribution is 2.51. The van der Waals surface area contributed by atoms with Gasteiger partial charge in [0, 0.05) is 83.2 Å². The van der Waals surface area contributed by atoms with Crippen molar-refractivity contribution in [1.29, 1.82) is 0 Å². The number of nitrogens with zero attached hydrogens (tertiary/aromatic N) is 4. The lowest BCUT2D eigenvalue weighted by Crippen LogP contribution is -2.09. The van der Waals surface area contributed by atoms with Crippen molar-refractivity contribution >= 4 is 110 Å². The number of para-hydroxylation sites is 6. The van der Waals surface area contributed by atoms with E-state index in [1.807, 2.05) is 0 Å². The van der Waals surface area contributed by atoms with Gasteiger partial charge in [-0.2, -0.15) is 0 Å². The first kappa shape index (κ1) is 39.8. The molecule has 0 bridgehead atoms. The monoisotopic (exact) mass is 892 g/mol. The van der Waals surface area contributed by atoms with Crippen molar-refractivity contribution in [3.63, 3.8) is 0 Å². The smallest absolute Gasteiger partial charge is 0.0626 e. The van der Waals surface area contributed by atoms with E-state index in [-0.39, 0.29) is 0 Å². The van der Waals surface area contributed by atoms with Gasteiger partial charge in [0.2, 0.25) is 0 Å². The molecule has 0 radical (unpaired) electrons. The SMILES string of the molecule is c1ccc(N(c2ccccc2)c2ccc(-n3c4ccccc4c4c5c(c6ccccc6c43)c3ccccc3c3c5c4ccccc4n3-c3ccc(N(c4ccccc4)c4ccccc4)cc3)cc2)cc1. The van der Waals surface area contributed by atoms with Crippen LogP contribution in [0.15, 0.2) is 267 Å². The molecular weight excluding hydrogens is 849 g/mol. The minimum atomic E-state index is 1.10. The number of hydrogen-bond acceptors (Lipinski definition) is 2. The summed E-state index contributed by atoms with van der Waals surface area (Å²) in [5.41, 5.74) is 13.6. The third-order valence-corrected chi connectivity index (χ3v) is 14.2. The summed E-state index contributed by atoms with van der Waals surface area (Å²) in [5, 5.41) is 12.5. The molecule has 4 heteroatoms.